The summed E-state index contributed by atoms with van der Waals surface area (Å²) in [5, 5.41) is 10.9. The number of aromatic amines is 1. The van der Waals surface area contributed by atoms with E-state index >= 15 is 0 Å². The highest BCUT2D eigenvalue weighted by Gasteiger charge is 2.13. The molecule has 0 radical (unpaired) electrons. The Morgan fingerprint density at radius 1 is 1.48 bits per heavy atom. The maximum absolute atomic E-state index is 11.4. The van der Waals surface area contributed by atoms with E-state index in [2.05, 4.69) is 32.4 Å². The van der Waals surface area contributed by atoms with E-state index in [1.54, 1.807) is 13.2 Å². The molecule has 0 saturated carbocycles. The van der Waals surface area contributed by atoms with E-state index in [0.717, 1.165) is 24.4 Å². The van der Waals surface area contributed by atoms with Gasteiger partial charge in [-0.15, -0.1) is 5.10 Å². The quantitative estimate of drug-likeness (QED) is 0.734. The molecule has 2 N–H and O–H groups in total. The number of anilines is 1. The van der Waals surface area contributed by atoms with Gasteiger partial charge >= 0.3 is 5.69 Å². The first-order valence-electron chi connectivity index (χ1n) is 6.56. The molecule has 0 unspecified atom stereocenters. The van der Waals surface area contributed by atoms with E-state index in [4.69, 9.17) is 0 Å². The Morgan fingerprint density at radius 3 is 3.05 bits per heavy atom. The number of H-pyrrole nitrogens is 1. The lowest BCUT2D eigenvalue weighted by Gasteiger charge is -2.08. The van der Waals surface area contributed by atoms with Gasteiger partial charge in [-0.2, -0.15) is 0 Å². The maximum Gasteiger partial charge on any atom is 0.343 e. The monoisotopic (exact) mass is 305 g/mol. The number of nitrogens with zero attached hydrogens (tertiary/aromatic N) is 5. The SMILES string of the molecule is CCCNc1cn2ccnc2c(Sc2n[nH]c(=O)n2C)n1. The molecule has 0 saturated heterocycles. The topological polar surface area (TPSA) is 92.9 Å². The predicted octanol–water partition coefficient (Wildman–Crippen LogP) is 1.12. The highest BCUT2D eigenvalue weighted by molar-refractivity contribution is 7.99. The van der Waals surface area contributed by atoms with Crippen LogP contribution in [0.3, 0.4) is 0 Å². The average Bonchev–Trinajstić information content (AvgIpc) is 3.07. The lowest BCUT2D eigenvalue weighted by molar-refractivity contribution is 0.764. The van der Waals surface area contributed by atoms with Crippen LogP contribution in [0.4, 0.5) is 5.82 Å². The largest absolute Gasteiger partial charge is 0.369 e. The van der Waals surface area contributed by atoms with Crippen molar-refractivity contribution in [2.24, 2.45) is 7.05 Å². The number of fused-ring (bicyclic) bond motifs is 1. The molecule has 0 bridgehead atoms. The molecule has 3 heterocycles. The van der Waals surface area contributed by atoms with Gasteiger partial charge in [-0.25, -0.2) is 19.9 Å². The van der Waals surface area contributed by atoms with Gasteiger partial charge in [-0.1, -0.05) is 6.92 Å². The molecule has 0 aliphatic rings. The molecule has 3 aromatic rings. The zero-order chi connectivity index (χ0) is 14.8. The summed E-state index contributed by atoms with van der Waals surface area (Å²) in [5.41, 5.74) is 0.481. The van der Waals surface area contributed by atoms with E-state index in [-0.39, 0.29) is 5.69 Å². The van der Waals surface area contributed by atoms with Crippen molar-refractivity contribution in [1.29, 1.82) is 0 Å². The highest BCUT2D eigenvalue weighted by atomic mass is 32.2. The van der Waals surface area contributed by atoms with Crippen molar-refractivity contribution >= 4 is 23.2 Å². The number of hydrogen-bond acceptors (Lipinski definition) is 6. The van der Waals surface area contributed by atoms with Gasteiger partial charge in [-0.05, 0) is 18.2 Å². The molecule has 0 amide bonds. The Bertz CT molecular complexity index is 818. The first-order valence-corrected chi connectivity index (χ1v) is 7.37. The van der Waals surface area contributed by atoms with Crippen LogP contribution in [0.25, 0.3) is 5.65 Å². The molecule has 3 aromatic heterocycles. The van der Waals surface area contributed by atoms with Crippen molar-refractivity contribution in [2.45, 2.75) is 23.5 Å². The van der Waals surface area contributed by atoms with Crippen LogP contribution in [-0.4, -0.2) is 35.7 Å². The van der Waals surface area contributed by atoms with Gasteiger partial charge in [0.05, 0.1) is 6.20 Å². The minimum atomic E-state index is -0.253. The maximum atomic E-state index is 11.4. The molecule has 0 aliphatic heterocycles. The smallest absolute Gasteiger partial charge is 0.343 e. The van der Waals surface area contributed by atoms with Gasteiger partial charge in [0.15, 0.2) is 10.8 Å². The lowest BCUT2D eigenvalue weighted by Crippen LogP contribution is -2.13. The fourth-order valence-corrected chi connectivity index (χ4v) is 2.70. The van der Waals surface area contributed by atoms with Crippen LogP contribution < -0.4 is 11.0 Å². The van der Waals surface area contributed by atoms with Crippen LogP contribution in [0.2, 0.25) is 0 Å². The average molecular weight is 305 g/mol. The molecule has 0 aliphatic carbocycles. The molecule has 0 atom stereocenters. The zero-order valence-electron chi connectivity index (χ0n) is 11.7. The molecule has 8 nitrogen and oxygen atoms in total. The van der Waals surface area contributed by atoms with Crippen molar-refractivity contribution in [2.75, 3.05) is 11.9 Å². The summed E-state index contributed by atoms with van der Waals surface area (Å²) in [6, 6.07) is 0. The van der Waals surface area contributed by atoms with Crippen molar-refractivity contribution in [1.82, 2.24) is 29.1 Å². The van der Waals surface area contributed by atoms with Gasteiger partial charge < -0.3 is 9.72 Å². The minimum Gasteiger partial charge on any atom is -0.369 e. The van der Waals surface area contributed by atoms with Crippen LogP contribution >= 0.6 is 11.8 Å². The van der Waals surface area contributed by atoms with Gasteiger partial charge in [-0.3, -0.25) is 4.57 Å². The molecule has 21 heavy (non-hydrogen) atoms. The molecule has 0 aromatic carbocycles. The molecule has 9 heteroatoms. The summed E-state index contributed by atoms with van der Waals surface area (Å²) >= 11 is 1.30. The Labute approximate surface area is 124 Å². The Hall–Kier alpha value is -2.29. The van der Waals surface area contributed by atoms with Gasteiger partial charge in [0.2, 0.25) is 0 Å². The van der Waals surface area contributed by atoms with Crippen LogP contribution in [0, 0.1) is 0 Å². The van der Waals surface area contributed by atoms with Crippen molar-refractivity contribution < 1.29 is 0 Å². The number of aromatic nitrogens is 6. The van der Waals surface area contributed by atoms with Crippen LogP contribution in [0.15, 0.2) is 33.6 Å². The summed E-state index contributed by atoms with van der Waals surface area (Å²) < 4.78 is 3.34. The van der Waals surface area contributed by atoms with Gasteiger partial charge in [0, 0.05) is 26.0 Å². The fourth-order valence-electron chi connectivity index (χ4n) is 1.82. The zero-order valence-corrected chi connectivity index (χ0v) is 12.5. The number of imidazole rings is 1. The van der Waals surface area contributed by atoms with Crippen LogP contribution in [0.1, 0.15) is 13.3 Å². The molecule has 0 fully saturated rings. The van der Waals surface area contributed by atoms with Crippen LogP contribution in [0.5, 0.6) is 0 Å². The van der Waals surface area contributed by atoms with Crippen molar-refractivity contribution in [3.8, 4) is 0 Å². The second-order valence-corrected chi connectivity index (χ2v) is 5.44. The number of hydrogen-bond donors (Lipinski definition) is 2. The van der Waals surface area contributed by atoms with E-state index in [0.29, 0.717) is 10.2 Å². The van der Waals surface area contributed by atoms with Crippen molar-refractivity contribution in [3.05, 3.63) is 29.1 Å². The Balaban J connectivity index is 2.01. The first kappa shape index (κ1) is 13.7. The standard InChI is InChI=1S/C12H15N7OS/c1-3-4-13-8-7-19-6-5-14-9(19)10(15-8)21-12-17-16-11(20)18(12)2/h5-7,13H,3-4H2,1-2H3,(H,16,20). The molecular formula is C12H15N7OS. The molecule has 0 spiro atoms. The lowest BCUT2D eigenvalue weighted by atomic mass is 10.5. The minimum absolute atomic E-state index is 0.253. The molecule has 3 rings (SSSR count). The van der Waals surface area contributed by atoms with Gasteiger partial charge in [0.1, 0.15) is 10.8 Å². The second kappa shape index (κ2) is 5.60. The normalized spacial score (nSPS) is 11.1. The number of rotatable bonds is 5. The summed E-state index contributed by atoms with van der Waals surface area (Å²) in [6.07, 6.45) is 6.49. The van der Waals surface area contributed by atoms with E-state index < -0.39 is 0 Å². The summed E-state index contributed by atoms with van der Waals surface area (Å²) in [4.78, 5) is 20.3. The first-order chi connectivity index (χ1) is 10.2. The second-order valence-electron chi connectivity index (χ2n) is 4.49. The summed E-state index contributed by atoms with van der Waals surface area (Å²) in [7, 11) is 1.66. The molecular weight excluding hydrogens is 290 g/mol. The summed E-state index contributed by atoms with van der Waals surface area (Å²) in [5.74, 6) is 0.769. The van der Waals surface area contributed by atoms with Crippen molar-refractivity contribution in [3.63, 3.8) is 0 Å². The van der Waals surface area contributed by atoms with E-state index in [9.17, 15) is 4.79 Å². The fraction of sp³-hybridized carbons (Fsp3) is 0.333. The predicted molar refractivity (Wildman–Crippen MR) is 79.7 cm³/mol. The van der Waals surface area contributed by atoms with Gasteiger partial charge in [0.25, 0.3) is 0 Å². The van der Waals surface area contributed by atoms with E-state index in [1.807, 2.05) is 16.8 Å². The summed E-state index contributed by atoms with van der Waals surface area (Å²) in [6.45, 7) is 2.94. The highest BCUT2D eigenvalue weighted by Crippen LogP contribution is 2.27. The third kappa shape index (κ3) is 2.64. The Kier molecular flexibility index (Phi) is 3.65. The number of nitrogens with one attached hydrogen (secondary N) is 2. The Morgan fingerprint density at radius 2 is 2.33 bits per heavy atom. The van der Waals surface area contributed by atoms with Crippen LogP contribution in [-0.2, 0) is 7.05 Å². The third-order valence-corrected chi connectivity index (χ3v) is 3.94. The van der Waals surface area contributed by atoms with E-state index in [1.165, 1.54) is 16.3 Å². The third-order valence-electron chi connectivity index (χ3n) is 2.93. The molecule has 110 valence electrons.